The van der Waals surface area contributed by atoms with Crippen LogP contribution in [0.4, 0.5) is 5.69 Å². The molecule has 1 amide bonds. The van der Waals surface area contributed by atoms with Crippen molar-refractivity contribution < 1.29 is 4.79 Å². The van der Waals surface area contributed by atoms with E-state index in [1.54, 1.807) is 12.3 Å². The van der Waals surface area contributed by atoms with Crippen molar-refractivity contribution in [2.75, 3.05) is 19.0 Å². The van der Waals surface area contributed by atoms with Gasteiger partial charge in [-0.05, 0) is 30.7 Å². The molecule has 2 aromatic rings. The van der Waals surface area contributed by atoms with Crippen molar-refractivity contribution in [3.05, 3.63) is 47.3 Å². The normalized spacial score (nSPS) is 10.8. The van der Waals surface area contributed by atoms with Crippen LogP contribution in [0.5, 0.6) is 0 Å². The number of hydrogen-bond acceptors (Lipinski definition) is 4. The highest BCUT2D eigenvalue weighted by molar-refractivity contribution is 5.93. The van der Waals surface area contributed by atoms with Crippen molar-refractivity contribution in [2.24, 2.45) is 5.10 Å². The van der Waals surface area contributed by atoms with E-state index < -0.39 is 0 Å². The molecule has 0 aliphatic rings. The first kappa shape index (κ1) is 13.8. The standard InChI is InChI=1S/C14H17N5O/c1-10-8-13(17-16-10)14(20)18-15-9-11-4-6-12(7-5-11)19(2)3/h4-9H,1-3H3,(H,16,17)(H,18,20)/b15-9-. The second-order valence-corrected chi connectivity index (χ2v) is 4.62. The summed E-state index contributed by atoms with van der Waals surface area (Å²) >= 11 is 0. The molecule has 20 heavy (non-hydrogen) atoms. The molecule has 0 atom stereocenters. The summed E-state index contributed by atoms with van der Waals surface area (Å²) in [5.41, 5.74) is 5.61. The highest BCUT2D eigenvalue weighted by Gasteiger charge is 2.07. The van der Waals surface area contributed by atoms with E-state index in [0.717, 1.165) is 16.9 Å². The summed E-state index contributed by atoms with van der Waals surface area (Å²) in [6, 6.07) is 9.50. The molecule has 1 aromatic heterocycles. The predicted molar refractivity (Wildman–Crippen MR) is 79.2 cm³/mol. The minimum absolute atomic E-state index is 0.322. The third-order valence-electron chi connectivity index (χ3n) is 2.73. The van der Waals surface area contributed by atoms with Gasteiger partial charge in [0.1, 0.15) is 0 Å². The monoisotopic (exact) mass is 271 g/mol. The Bertz CT molecular complexity index is 613. The van der Waals surface area contributed by atoms with Gasteiger partial charge in [0, 0.05) is 25.5 Å². The molecule has 0 bridgehead atoms. The molecule has 1 heterocycles. The summed E-state index contributed by atoms with van der Waals surface area (Å²) in [5, 5.41) is 10.5. The average Bonchev–Trinajstić information content (AvgIpc) is 2.86. The van der Waals surface area contributed by atoms with E-state index in [0.29, 0.717) is 5.69 Å². The summed E-state index contributed by atoms with van der Waals surface area (Å²) in [6.07, 6.45) is 1.59. The lowest BCUT2D eigenvalue weighted by atomic mass is 10.2. The van der Waals surface area contributed by atoms with Crippen molar-refractivity contribution in [1.29, 1.82) is 0 Å². The smallest absolute Gasteiger partial charge is 0.291 e. The van der Waals surface area contributed by atoms with Gasteiger partial charge in [-0.15, -0.1) is 0 Å². The van der Waals surface area contributed by atoms with Gasteiger partial charge in [-0.1, -0.05) is 12.1 Å². The number of anilines is 1. The van der Waals surface area contributed by atoms with E-state index in [1.807, 2.05) is 50.2 Å². The van der Waals surface area contributed by atoms with E-state index >= 15 is 0 Å². The van der Waals surface area contributed by atoms with Crippen LogP contribution in [0.15, 0.2) is 35.4 Å². The Kier molecular flexibility index (Phi) is 4.14. The van der Waals surface area contributed by atoms with E-state index in [9.17, 15) is 4.79 Å². The number of nitrogens with one attached hydrogen (secondary N) is 2. The minimum Gasteiger partial charge on any atom is -0.378 e. The number of carbonyl (C=O) groups is 1. The topological polar surface area (TPSA) is 73.4 Å². The van der Waals surface area contributed by atoms with Gasteiger partial charge in [0.25, 0.3) is 5.91 Å². The minimum atomic E-state index is -0.337. The number of hydrazone groups is 1. The van der Waals surface area contributed by atoms with E-state index in [-0.39, 0.29) is 5.91 Å². The zero-order chi connectivity index (χ0) is 14.5. The fourth-order valence-corrected chi connectivity index (χ4v) is 1.62. The van der Waals surface area contributed by atoms with Gasteiger partial charge >= 0.3 is 0 Å². The molecule has 6 heteroatoms. The van der Waals surface area contributed by atoms with Gasteiger partial charge in [0.05, 0.1) is 6.21 Å². The number of carbonyl (C=O) groups excluding carboxylic acids is 1. The summed E-state index contributed by atoms with van der Waals surface area (Å²) in [7, 11) is 3.96. The molecule has 0 saturated heterocycles. The number of H-pyrrole nitrogens is 1. The van der Waals surface area contributed by atoms with Crippen molar-refractivity contribution in [2.45, 2.75) is 6.92 Å². The van der Waals surface area contributed by atoms with Crippen LogP contribution in [0.3, 0.4) is 0 Å². The molecule has 0 radical (unpaired) electrons. The lowest BCUT2D eigenvalue weighted by Crippen LogP contribution is -2.18. The highest BCUT2D eigenvalue weighted by atomic mass is 16.2. The Morgan fingerprint density at radius 3 is 2.60 bits per heavy atom. The first-order chi connectivity index (χ1) is 9.56. The number of aryl methyl sites for hydroxylation is 1. The second-order valence-electron chi connectivity index (χ2n) is 4.62. The number of nitrogens with zero attached hydrogens (tertiary/aromatic N) is 3. The number of hydrogen-bond donors (Lipinski definition) is 2. The zero-order valence-corrected chi connectivity index (χ0v) is 11.7. The van der Waals surface area contributed by atoms with Crippen LogP contribution in [-0.4, -0.2) is 36.4 Å². The van der Waals surface area contributed by atoms with Crippen LogP contribution in [-0.2, 0) is 0 Å². The Hall–Kier alpha value is -2.63. The molecule has 2 N–H and O–H groups in total. The molecule has 0 fully saturated rings. The van der Waals surface area contributed by atoms with Crippen molar-refractivity contribution in [1.82, 2.24) is 15.6 Å². The van der Waals surface area contributed by atoms with Crippen LogP contribution in [0, 0.1) is 6.92 Å². The molecule has 6 nitrogen and oxygen atoms in total. The summed E-state index contributed by atoms with van der Waals surface area (Å²) in [6.45, 7) is 1.83. The van der Waals surface area contributed by atoms with E-state index in [1.165, 1.54) is 0 Å². The average molecular weight is 271 g/mol. The van der Waals surface area contributed by atoms with Crippen LogP contribution >= 0.6 is 0 Å². The van der Waals surface area contributed by atoms with Gasteiger partial charge in [-0.25, -0.2) is 5.43 Å². The SMILES string of the molecule is Cc1cc(C(=O)N/N=C\c2ccc(N(C)C)cc2)n[nH]1. The largest absolute Gasteiger partial charge is 0.378 e. The molecule has 2 rings (SSSR count). The number of benzene rings is 1. The second kappa shape index (κ2) is 6.01. The third kappa shape index (κ3) is 3.44. The molecule has 0 aliphatic heterocycles. The van der Waals surface area contributed by atoms with E-state index in [4.69, 9.17) is 0 Å². The number of aromatic amines is 1. The first-order valence-corrected chi connectivity index (χ1v) is 6.19. The number of aromatic nitrogens is 2. The lowest BCUT2D eigenvalue weighted by molar-refractivity contribution is 0.0950. The Balaban J connectivity index is 1.94. The Morgan fingerprint density at radius 1 is 1.35 bits per heavy atom. The lowest BCUT2D eigenvalue weighted by Gasteiger charge is -2.11. The van der Waals surface area contributed by atoms with Gasteiger partial charge in [-0.2, -0.15) is 10.2 Å². The molecule has 0 unspecified atom stereocenters. The molecule has 0 spiro atoms. The van der Waals surface area contributed by atoms with Crippen molar-refractivity contribution >= 4 is 17.8 Å². The maximum absolute atomic E-state index is 11.7. The Labute approximate surface area is 117 Å². The fourth-order valence-electron chi connectivity index (χ4n) is 1.62. The third-order valence-corrected chi connectivity index (χ3v) is 2.73. The molecule has 0 saturated carbocycles. The molecule has 104 valence electrons. The van der Waals surface area contributed by atoms with Crippen molar-refractivity contribution in [3.8, 4) is 0 Å². The maximum Gasteiger partial charge on any atom is 0.291 e. The predicted octanol–water partition coefficient (Wildman–Crippen LogP) is 1.55. The summed E-state index contributed by atoms with van der Waals surface area (Å²) in [5.74, 6) is -0.337. The van der Waals surface area contributed by atoms with E-state index in [2.05, 4.69) is 20.7 Å². The molecule has 1 aromatic carbocycles. The maximum atomic E-state index is 11.7. The van der Waals surface area contributed by atoms with Crippen LogP contribution in [0.1, 0.15) is 21.7 Å². The molecule has 0 aliphatic carbocycles. The van der Waals surface area contributed by atoms with Crippen LogP contribution in [0.2, 0.25) is 0 Å². The first-order valence-electron chi connectivity index (χ1n) is 6.19. The number of rotatable bonds is 4. The van der Waals surface area contributed by atoms with Gasteiger partial charge in [-0.3, -0.25) is 9.89 Å². The van der Waals surface area contributed by atoms with Gasteiger partial charge < -0.3 is 4.90 Å². The Morgan fingerprint density at radius 2 is 2.05 bits per heavy atom. The summed E-state index contributed by atoms with van der Waals surface area (Å²) in [4.78, 5) is 13.7. The summed E-state index contributed by atoms with van der Waals surface area (Å²) < 4.78 is 0. The fraction of sp³-hybridized carbons (Fsp3) is 0.214. The number of amides is 1. The highest BCUT2D eigenvalue weighted by Crippen LogP contribution is 2.10. The van der Waals surface area contributed by atoms with Gasteiger partial charge in [0.2, 0.25) is 0 Å². The quantitative estimate of drug-likeness (QED) is 0.654. The molecular weight excluding hydrogens is 254 g/mol. The molecular formula is C14H17N5O. The van der Waals surface area contributed by atoms with Crippen LogP contribution < -0.4 is 10.3 Å². The van der Waals surface area contributed by atoms with Crippen LogP contribution in [0.25, 0.3) is 0 Å². The zero-order valence-electron chi connectivity index (χ0n) is 11.7. The van der Waals surface area contributed by atoms with Crippen molar-refractivity contribution in [3.63, 3.8) is 0 Å². The van der Waals surface area contributed by atoms with Gasteiger partial charge in [0.15, 0.2) is 5.69 Å².